The van der Waals surface area contributed by atoms with Gasteiger partial charge in [-0.2, -0.15) is 0 Å². The molecular formula is C17H25NO2. The summed E-state index contributed by atoms with van der Waals surface area (Å²) < 4.78 is 5.65. The van der Waals surface area contributed by atoms with Gasteiger partial charge in [0.15, 0.2) is 0 Å². The largest absolute Gasteiger partial charge is 0.494 e. The first-order valence-corrected chi connectivity index (χ1v) is 7.65. The fourth-order valence-corrected chi connectivity index (χ4v) is 2.11. The molecule has 0 unspecified atom stereocenters. The zero-order chi connectivity index (χ0) is 14.3. The Hall–Kier alpha value is -1.60. The fourth-order valence-electron chi connectivity index (χ4n) is 2.11. The van der Waals surface area contributed by atoms with Crippen molar-refractivity contribution in [3.8, 4) is 5.75 Å². The SMILES string of the molecule is O=C=NCCCCCCCCCCOc1ccccc1. The quantitative estimate of drug-likeness (QED) is 0.319. The van der Waals surface area contributed by atoms with Crippen molar-refractivity contribution in [2.24, 2.45) is 4.99 Å². The average molecular weight is 275 g/mol. The third kappa shape index (κ3) is 9.35. The molecular weight excluding hydrogens is 250 g/mol. The van der Waals surface area contributed by atoms with E-state index in [9.17, 15) is 4.79 Å². The molecule has 3 heteroatoms. The predicted molar refractivity (Wildman–Crippen MR) is 81.9 cm³/mol. The normalized spacial score (nSPS) is 10.0. The molecule has 0 fully saturated rings. The molecule has 1 rings (SSSR count). The molecule has 0 aliphatic rings. The number of hydrogen-bond donors (Lipinski definition) is 0. The van der Waals surface area contributed by atoms with Gasteiger partial charge in [0.1, 0.15) is 5.75 Å². The molecule has 0 amide bonds. The molecule has 0 bridgehead atoms. The lowest BCUT2D eigenvalue weighted by atomic mass is 10.1. The number of isocyanates is 1. The number of aliphatic imine (C=N–C) groups is 1. The van der Waals surface area contributed by atoms with Gasteiger partial charge in [0.2, 0.25) is 6.08 Å². The number of benzene rings is 1. The summed E-state index contributed by atoms with van der Waals surface area (Å²) in [6.07, 6.45) is 11.2. The van der Waals surface area contributed by atoms with Crippen molar-refractivity contribution in [1.82, 2.24) is 0 Å². The number of rotatable bonds is 12. The van der Waals surface area contributed by atoms with Crippen LogP contribution in [0.3, 0.4) is 0 Å². The van der Waals surface area contributed by atoms with E-state index in [0.29, 0.717) is 6.54 Å². The minimum atomic E-state index is 0.639. The molecule has 0 saturated heterocycles. The van der Waals surface area contributed by atoms with Crippen LogP contribution in [0.15, 0.2) is 35.3 Å². The Bertz CT molecular complexity index is 372. The first-order valence-electron chi connectivity index (χ1n) is 7.65. The number of hydrogen-bond acceptors (Lipinski definition) is 3. The second-order valence-corrected chi connectivity index (χ2v) is 4.96. The highest BCUT2D eigenvalue weighted by Crippen LogP contribution is 2.11. The van der Waals surface area contributed by atoms with Gasteiger partial charge >= 0.3 is 0 Å². The number of unbranched alkanes of at least 4 members (excludes halogenated alkanes) is 7. The summed E-state index contributed by atoms with van der Waals surface area (Å²) in [4.78, 5) is 13.4. The number of nitrogens with zero attached hydrogens (tertiary/aromatic N) is 1. The van der Waals surface area contributed by atoms with Crippen LogP contribution in [0.1, 0.15) is 51.4 Å². The van der Waals surface area contributed by atoms with Crippen molar-refractivity contribution in [3.63, 3.8) is 0 Å². The fraction of sp³-hybridized carbons (Fsp3) is 0.588. The third-order valence-electron chi connectivity index (χ3n) is 3.24. The van der Waals surface area contributed by atoms with Crippen LogP contribution in [0.4, 0.5) is 0 Å². The molecule has 0 saturated carbocycles. The Morgan fingerprint density at radius 1 is 0.850 bits per heavy atom. The smallest absolute Gasteiger partial charge is 0.234 e. The Kier molecular flexibility index (Phi) is 10.2. The van der Waals surface area contributed by atoms with Crippen LogP contribution < -0.4 is 4.74 Å². The average Bonchev–Trinajstić information content (AvgIpc) is 2.49. The Labute approximate surface area is 122 Å². The molecule has 0 radical (unpaired) electrons. The zero-order valence-corrected chi connectivity index (χ0v) is 12.2. The molecule has 110 valence electrons. The van der Waals surface area contributed by atoms with Gasteiger partial charge in [-0.25, -0.2) is 9.79 Å². The summed E-state index contributed by atoms with van der Waals surface area (Å²) in [6, 6.07) is 9.98. The first kappa shape index (κ1) is 16.5. The Balaban J connectivity index is 1.80. The van der Waals surface area contributed by atoms with E-state index in [1.807, 2.05) is 30.3 Å². The summed E-state index contributed by atoms with van der Waals surface area (Å²) in [5.41, 5.74) is 0. The van der Waals surface area contributed by atoms with Gasteiger partial charge in [0.05, 0.1) is 13.2 Å². The van der Waals surface area contributed by atoms with E-state index in [-0.39, 0.29) is 0 Å². The maximum atomic E-state index is 9.85. The first-order chi connectivity index (χ1) is 9.93. The van der Waals surface area contributed by atoms with Gasteiger partial charge < -0.3 is 4.74 Å². The van der Waals surface area contributed by atoms with Crippen LogP contribution in [0.5, 0.6) is 5.75 Å². The molecule has 0 aliphatic carbocycles. The second-order valence-electron chi connectivity index (χ2n) is 4.96. The van der Waals surface area contributed by atoms with E-state index in [1.54, 1.807) is 6.08 Å². The lowest BCUT2D eigenvalue weighted by molar-refractivity contribution is 0.304. The monoisotopic (exact) mass is 275 g/mol. The molecule has 0 N–H and O–H groups in total. The van der Waals surface area contributed by atoms with Gasteiger partial charge in [0, 0.05) is 0 Å². The summed E-state index contributed by atoms with van der Waals surface area (Å²) in [5, 5.41) is 0. The minimum Gasteiger partial charge on any atom is -0.494 e. The van der Waals surface area contributed by atoms with E-state index in [0.717, 1.165) is 25.2 Å². The van der Waals surface area contributed by atoms with Crippen molar-refractivity contribution in [1.29, 1.82) is 0 Å². The lowest BCUT2D eigenvalue weighted by Gasteiger charge is -2.05. The Morgan fingerprint density at radius 2 is 1.45 bits per heavy atom. The number of carbonyl (C=O) groups excluding carboxylic acids is 1. The predicted octanol–water partition coefficient (Wildman–Crippen LogP) is 4.52. The van der Waals surface area contributed by atoms with Crippen LogP contribution in [0.25, 0.3) is 0 Å². The van der Waals surface area contributed by atoms with E-state index in [2.05, 4.69) is 4.99 Å². The van der Waals surface area contributed by atoms with Crippen LogP contribution >= 0.6 is 0 Å². The van der Waals surface area contributed by atoms with Crippen molar-refractivity contribution in [2.75, 3.05) is 13.2 Å². The molecule has 3 nitrogen and oxygen atoms in total. The van der Waals surface area contributed by atoms with Crippen molar-refractivity contribution >= 4 is 6.08 Å². The maximum Gasteiger partial charge on any atom is 0.234 e. The highest BCUT2D eigenvalue weighted by Gasteiger charge is 1.94. The maximum absolute atomic E-state index is 9.85. The highest BCUT2D eigenvalue weighted by molar-refractivity contribution is 5.32. The topological polar surface area (TPSA) is 38.7 Å². The van der Waals surface area contributed by atoms with Crippen LogP contribution in [0, 0.1) is 0 Å². The minimum absolute atomic E-state index is 0.639. The second kappa shape index (κ2) is 12.4. The molecule has 0 aromatic heterocycles. The molecule has 1 aromatic rings. The van der Waals surface area contributed by atoms with Crippen LogP contribution in [-0.4, -0.2) is 19.2 Å². The number of para-hydroxylation sites is 1. The van der Waals surface area contributed by atoms with E-state index >= 15 is 0 Å². The van der Waals surface area contributed by atoms with Gasteiger partial charge in [0.25, 0.3) is 0 Å². The van der Waals surface area contributed by atoms with E-state index in [1.165, 1.54) is 38.5 Å². The van der Waals surface area contributed by atoms with Gasteiger partial charge in [-0.05, 0) is 25.0 Å². The molecule has 0 heterocycles. The summed E-state index contributed by atoms with van der Waals surface area (Å²) in [7, 11) is 0. The standard InChI is InChI=1S/C17H25NO2/c19-16-18-14-10-5-3-1-2-4-6-11-15-20-17-12-8-7-9-13-17/h7-9,12-13H,1-6,10-11,14-15H2. The highest BCUT2D eigenvalue weighted by atomic mass is 16.5. The van der Waals surface area contributed by atoms with Crippen molar-refractivity contribution in [2.45, 2.75) is 51.4 Å². The summed E-state index contributed by atoms with van der Waals surface area (Å²) in [6.45, 7) is 1.45. The van der Waals surface area contributed by atoms with E-state index in [4.69, 9.17) is 4.74 Å². The molecule has 1 aromatic carbocycles. The van der Waals surface area contributed by atoms with Gasteiger partial charge in [-0.15, -0.1) is 0 Å². The van der Waals surface area contributed by atoms with Gasteiger partial charge in [-0.1, -0.05) is 56.7 Å². The summed E-state index contributed by atoms with van der Waals surface area (Å²) in [5.74, 6) is 0.963. The van der Waals surface area contributed by atoms with Crippen LogP contribution in [0.2, 0.25) is 0 Å². The van der Waals surface area contributed by atoms with Crippen LogP contribution in [-0.2, 0) is 4.79 Å². The van der Waals surface area contributed by atoms with Gasteiger partial charge in [-0.3, -0.25) is 0 Å². The van der Waals surface area contributed by atoms with E-state index < -0.39 is 0 Å². The van der Waals surface area contributed by atoms with Crippen molar-refractivity contribution in [3.05, 3.63) is 30.3 Å². The van der Waals surface area contributed by atoms with Crippen molar-refractivity contribution < 1.29 is 9.53 Å². The third-order valence-corrected chi connectivity index (χ3v) is 3.24. The molecule has 20 heavy (non-hydrogen) atoms. The molecule has 0 spiro atoms. The zero-order valence-electron chi connectivity index (χ0n) is 12.2. The molecule has 0 aliphatic heterocycles. The number of ether oxygens (including phenoxy) is 1. The lowest BCUT2D eigenvalue weighted by Crippen LogP contribution is -1.96. The summed E-state index contributed by atoms with van der Waals surface area (Å²) >= 11 is 0. The molecule has 0 atom stereocenters. The Morgan fingerprint density at radius 3 is 2.10 bits per heavy atom.